The van der Waals surface area contributed by atoms with E-state index in [9.17, 15) is 4.39 Å². The van der Waals surface area contributed by atoms with Crippen molar-refractivity contribution < 1.29 is 9.13 Å². The molecule has 31 heavy (non-hydrogen) atoms. The first kappa shape index (κ1) is 22.5. The Morgan fingerprint density at radius 2 is 1.81 bits per heavy atom. The zero-order valence-electron chi connectivity index (χ0n) is 17.6. The molecule has 0 aliphatic rings. The lowest BCUT2D eigenvalue weighted by atomic mass is 10.1. The van der Waals surface area contributed by atoms with Crippen LogP contribution in [0.5, 0.6) is 5.75 Å². The standard InChI is InChI=1S/C22H17ClFN3O.C2H7N/c1-14-5-7-20-18(9-14)22(26-13-25-20)27-17-6-8-21(19(23)11-17)28-12-15-3-2-4-16(24)10-15;1-3-2/h2-11,13H,12H2,1H3,(H,25,26,27);3H,1-2H3. The van der Waals surface area contributed by atoms with Crippen molar-refractivity contribution in [3.05, 3.63) is 89.0 Å². The van der Waals surface area contributed by atoms with E-state index in [1.165, 1.54) is 18.5 Å². The minimum atomic E-state index is -0.293. The van der Waals surface area contributed by atoms with Gasteiger partial charge in [-0.3, -0.25) is 0 Å². The van der Waals surface area contributed by atoms with Gasteiger partial charge in [0.1, 0.15) is 30.3 Å². The topological polar surface area (TPSA) is 59.1 Å². The third-order valence-electron chi connectivity index (χ3n) is 4.27. The minimum Gasteiger partial charge on any atom is -0.487 e. The Kier molecular flexibility index (Phi) is 7.76. The van der Waals surface area contributed by atoms with Gasteiger partial charge in [0.15, 0.2) is 0 Å². The predicted octanol–water partition coefficient (Wildman–Crippen LogP) is 5.89. The lowest BCUT2D eigenvalue weighted by Crippen LogP contribution is -1.98. The molecular weight excluding hydrogens is 415 g/mol. The molecule has 5 nitrogen and oxygen atoms in total. The van der Waals surface area contributed by atoms with Gasteiger partial charge in [-0.25, -0.2) is 14.4 Å². The Bertz CT molecular complexity index is 1170. The molecule has 0 spiro atoms. The van der Waals surface area contributed by atoms with Crippen LogP contribution in [0.4, 0.5) is 15.9 Å². The number of nitrogens with one attached hydrogen (secondary N) is 2. The Balaban J connectivity index is 0.000000858. The van der Waals surface area contributed by atoms with E-state index in [2.05, 4.69) is 20.6 Å². The lowest BCUT2D eigenvalue weighted by Gasteiger charge is -2.12. The van der Waals surface area contributed by atoms with Crippen molar-refractivity contribution in [2.75, 3.05) is 19.4 Å². The average Bonchev–Trinajstić information content (AvgIpc) is 2.74. The number of nitrogens with zero attached hydrogens (tertiary/aromatic N) is 2. The van der Waals surface area contributed by atoms with Crippen LogP contribution in [0.1, 0.15) is 11.1 Å². The molecule has 0 saturated carbocycles. The van der Waals surface area contributed by atoms with Crippen LogP contribution < -0.4 is 15.4 Å². The molecule has 2 N–H and O–H groups in total. The van der Waals surface area contributed by atoms with Crippen molar-refractivity contribution in [3.8, 4) is 5.75 Å². The highest BCUT2D eigenvalue weighted by Gasteiger charge is 2.08. The zero-order chi connectivity index (χ0) is 22.2. The number of rotatable bonds is 5. The van der Waals surface area contributed by atoms with E-state index in [0.717, 1.165) is 27.7 Å². The van der Waals surface area contributed by atoms with Gasteiger partial charge in [0.2, 0.25) is 0 Å². The second kappa shape index (κ2) is 10.7. The maximum Gasteiger partial charge on any atom is 0.141 e. The molecule has 0 bridgehead atoms. The first-order chi connectivity index (χ1) is 15.0. The molecule has 0 atom stereocenters. The van der Waals surface area contributed by atoms with Gasteiger partial charge in [0, 0.05) is 11.1 Å². The average molecular weight is 439 g/mol. The summed E-state index contributed by atoms with van der Waals surface area (Å²) in [5.41, 5.74) is 3.51. The molecular formula is C24H24ClFN4O. The molecule has 0 saturated heterocycles. The van der Waals surface area contributed by atoms with Gasteiger partial charge in [-0.2, -0.15) is 0 Å². The van der Waals surface area contributed by atoms with Gasteiger partial charge in [-0.15, -0.1) is 0 Å². The smallest absolute Gasteiger partial charge is 0.141 e. The molecule has 0 aliphatic heterocycles. The summed E-state index contributed by atoms with van der Waals surface area (Å²) in [7, 11) is 3.75. The van der Waals surface area contributed by atoms with Gasteiger partial charge in [0.05, 0.1) is 10.5 Å². The van der Waals surface area contributed by atoms with Crippen LogP contribution >= 0.6 is 11.6 Å². The fourth-order valence-corrected chi connectivity index (χ4v) is 3.13. The van der Waals surface area contributed by atoms with Crippen LogP contribution in [0.25, 0.3) is 10.9 Å². The number of halogens is 2. The number of benzene rings is 3. The van der Waals surface area contributed by atoms with Gasteiger partial charge in [0.25, 0.3) is 0 Å². The predicted molar refractivity (Wildman–Crippen MR) is 125 cm³/mol. The van der Waals surface area contributed by atoms with E-state index in [1.54, 1.807) is 24.3 Å². The van der Waals surface area contributed by atoms with Crippen LogP contribution in [0.2, 0.25) is 5.02 Å². The first-order valence-electron chi connectivity index (χ1n) is 9.74. The van der Waals surface area contributed by atoms with Crippen molar-refractivity contribution >= 4 is 34.0 Å². The molecule has 0 radical (unpaired) electrons. The number of hydrogen-bond donors (Lipinski definition) is 2. The van der Waals surface area contributed by atoms with E-state index >= 15 is 0 Å². The Labute approximate surface area is 186 Å². The number of aromatic nitrogens is 2. The van der Waals surface area contributed by atoms with Gasteiger partial charge >= 0.3 is 0 Å². The molecule has 3 aromatic carbocycles. The van der Waals surface area contributed by atoms with E-state index in [0.29, 0.717) is 16.6 Å². The quantitative estimate of drug-likeness (QED) is 0.407. The summed E-state index contributed by atoms with van der Waals surface area (Å²) in [6.07, 6.45) is 1.53. The lowest BCUT2D eigenvalue weighted by molar-refractivity contribution is 0.306. The van der Waals surface area contributed by atoms with Crippen molar-refractivity contribution in [1.29, 1.82) is 0 Å². The molecule has 4 aromatic rings. The fourth-order valence-electron chi connectivity index (χ4n) is 2.89. The summed E-state index contributed by atoms with van der Waals surface area (Å²) in [5, 5.41) is 7.42. The highest BCUT2D eigenvalue weighted by Crippen LogP contribution is 2.31. The first-order valence-corrected chi connectivity index (χ1v) is 10.1. The normalized spacial score (nSPS) is 10.4. The van der Waals surface area contributed by atoms with Crippen LogP contribution in [-0.4, -0.2) is 24.1 Å². The molecule has 7 heteroatoms. The van der Waals surface area contributed by atoms with Gasteiger partial charge < -0.3 is 15.4 Å². The van der Waals surface area contributed by atoms with E-state index < -0.39 is 0 Å². The van der Waals surface area contributed by atoms with E-state index in [4.69, 9.17) is 16.3 Å². The van der Waals surface area contributed by atoms with Crippen LogP contribution in [0.15, 0.2) is 67.0 Å². The molecule has 0 amide bonds. The molecule has 0 aliphatic carbocycles. The van der Waals surface area contributed by atoms with Crippen LogP contribution in [0.3, 0.4) is 0 Å². The number of fused-ring (bicyclic) bond motifs is 1. The summed E-state index contributed by atoms with van der Waals surface area (Å²) >= 11 is 6.36. The van der Waals surface area contributed by atoms with Crippen LogP contribution in [-0.2, 0) is 6.61 Å². The van der Waals surface area contributed by atoms with Crippen molar-refractivity contribution in [2.24, 2.45) is 0 Å². The SMILES string of the molecule is CNC.Cc1ccc2ncnc(Nc3ccc(OCc4cccc(F)c4)c(Cl)c3)c2c1. The highest BCUT2D eigenvalue weighted by molar-refractivity contribution is 6.32. The van der Waals surface area contributed by atoms with Crippen molar-refractivity contribution in [2.45, 2.75) is 13.5 Å². The zero-order valence-corrected chi connectivity index (χ0v) is 18.4. The number of anilines is 2. The van der Waals surface area contributed by atoms with E-state index in [-0.39, 0.29) is 12.4 Å². The molecule has 1 heterocycles. The maximum absolute atomic E-state index is 13.3. The number of aryl methyl sites for hydroxylation is 1. The van der Waals surface area contributed by atoms with Crippen LogP contribution in [0, 0.1) is 12.7 Å². The summed E-state index contributed by atoms with van der Waals surface area (Å²) in [5.74, 6) is 0.942. The third-order valence-corrected chi connectivity index (χ3v) is 4.56. The Morgan fingerprint density at radius 1 is 1.00 bits per heavy atom. The largest absolute Gasteiger partial charge is 0.487 e. The molecule has 160 valence electrons. The molecule has 4 rings (SSSR count). The second-order valence-corrected chi connectivity index (χ2v) is 7.34. The fraction of sp³-hybridized carbons (Fsp3) is 0.167. The van der Waals surface area contributed by atoms with Crippen molar-refractivity contribution in [3.63, 3.8) is 0 Å². The highest BCUT2D eigenvalue weighted by atomic mass is 35.5. The summed E-state index contributed by atoms with van der Waals surface area (Å²) in [6, 6.07) is 17.7. The number of hydrogen-bond acceptors (Lipinski definition) is 5. The second-order valence-electron chi connectivity index (χ2n) is 6.93. The monoisotopic (exact) mass is 438 g/mol. The molecule has 1 aromatic heterocycles. The molecule has 0 unspecified atom stereocenters. The van der Waals surface area contributed by atoms with Gasteiger partial charge in [-0.1, -0.05) is 35.4 Å². The Morgan fingerprint density at radius 3 is 2.55 bits per heavy atom. The third kappa shape index (κ3) is 6.13. The summed E-state index contributed by atoms with van der Waals surface area (Å²) in [4.78, 5) is 8.64. The molecule has 0 fully saturated rings. The minimum absolute atomic E-state index is 0.236. The maximum atomic E-state index is 13.3. The number of ether oxygens (including phenoxy) is 1. The summed E-state index contributed by atoms with van der Waals surface area (Å²) < 4.78 is 19.0. The van der Waals surface area contributed by atoms with Crippen molar-refractivity contribution in [1.82, 2.24) is 15.3 Å². The Hall–Kier alpha value is -3.22. The van der Waals surface area contributed by atoms with Gasteiger partial charge in [-0.05, 0) is 69.0 Å². The van der Waals surface area contributed by atoms with E-state index in [1.807, 2.05) is 45.3 Å². The summed E-state index contributed by atoms with van der Waals surface area (Å²) in [6.45, 7) is 2.26.